The Labute approximate surface area is 119 Å². The van der Waals surface area contributed by atoms with Gasteiger partial charge in [0.25, 0.3) is 0 Å². The Kier molecular flexibility index (Phi) is 5.08. The summed E-state index contributed by atoms with van der Waals surface area (Å²) in [6, 6.07) is -0.0665. The summed E-state index contributed by atoms with van der Waals surface area (Å²) >= 11 is 0. The zero-order valence-corrected chi connectivity index (χ0v) is 12.5. The fourth-order valence-corrected chi connectivity index (χ4v) is 2.35. The van der Waals surface area contributed by atoms with Crippen LogP contribution in [0.25, 0.3) is 0 Å². The summed E-state index contributed by atoms with van der Waals surface area (Å²) in [6.45, 7) is 6.53. The van der Waals surface area contributed by atoms with E-state index in [2.05, 4.69) is 32.4 Å². The lowest BCUT2D eigenvalue weighted by atomic mass is 10.2. The molecule has 1 aliphatic heterocycles. The van der Waals surface area contributed by atoms with E-state index in [1.807, 2.05) is 18.5 Å². The van der Waals surface area contributed by atoms with Gasteiger partial charge in [-0.05, 0) is 14.0 Å². The van der Waals surface area contributed by atoms with Gasteiger partial charge in [-0.25, -0.2) is 0 Å². The third-order valence-corrected chi connectivity index (χ3v) is 3.92. The van der Waals surface area contributed by atoms with Crippen molar-refractivity contribution in [2.75, 3.05) is 39.8 Å². The van der Waals surface area contributed by atoms with Crippen molar-refractivity contribution in [2.24, 2.45) is 7.05 Å². The quantitative estimate of drug-likeness (QED) is 0.758. The van der Waals surface area contributed by atoms with E-state index < -0.39 is 0 Å². The molecule has 0 aliphatic carbocycles. The van der Waals surface area contributed by atoms with Gasteiger partial charge >= 0.3 is 0 Å². The number of rotatable bonds is 5. The van der Waals surface area contributed by atoms with Gasteiger partial charge in [-0.3, -0.25) is 9.69 Å². The van der Waals surface area contributed by atoms with Crippen molar-refractivity contribution in [1.82, 2.24) is 29.9 Å². The van der Waals surface area contributed by atoms with Gasteiger partial charge in [0, 0.05) is 46.2 Å². The van der Waals surface area contributed by atoms with E-state index in [0.717, 1.165) is 32.0 Å². The van der Waals surface area contributed by atoms with E-state index in [-0.39, 0.29) is 11.9 Å². The molecule has 2 heterocycles. The molecule has 1 aromatic rings. The third-order valence-electron chi connectivity index (χ3n) is 3.92. The first-order chi connectivity index (χ1) is 9.58. The summed E-state index contributed by atoms with van der Waals surface area (Å²) in [5, 5.41) is 10.8. The highest BCUT2D eigenvalue weighted by Gasteiger charge is 2.23. The maximum absolute atomic E-state index is 12.1. The highest BCUT2D eigenvalue weighted by molar-refractivity contribution is 5.81. The summed E-state index contributed by atoms with van der Waals surface area (Å²) in [6.07, 6.45) is 2.38. The predicted octanol–water partition coefficient (Wildman–Crippen LogP) is -0.890. The molecule has 20 heavy (non-hydrogen) atoms. The number of hydrogen-bond donors (Lipinski definition) is 1. The number of piperazine rings is 1. The monoisotopic (exact) mass is 280 g/mol. The van der Waals surface area contributed by atoms with Crippen LogP contribution in [-0.4, -0.2) is 76.3 Å². The highest BCUT2D eigenvalue weighted by Crippen LogP contribution is 2.05. The molecule has 1 aliphatic rings. The minimum Gasteiger partial charge on any atom is -0.354 e. The highest BCUT2D eigenvalue weighted by atomic mass is 16.2. The van der Waals surface area contributed by atoms with Crippen LogP contribution in [0.4, 0.5) is 0 Å². The standard InChI is InChI=1S/C13H24N6O/c1-11(19-8-6-17(2)7-9-19)13(20)14-5-4-12-16-15-10-18(12)3/h10-11H,4-9H2,1-3H3,(H,14,20). The maximum Gasteiger partial charge on any atom is 0.237 e. The Bertz CT molecular complexity index is 438. The van der Waals surface area contributed by atoms with Crippen molar-refractivity contribution in [2.45, 2.75) is 19.4 Å². The molecule has 0 bridgehead atoms. The number of amides is 1. The second-order valence-corrected chi connectivity index (χ2v) is 5.41. The Balaban J connectivity index is 1.72. The van der Waals surface area contributed by atoms with Crippen molar-refractivity contribution in [3.05, 3.63) is 12.2 Å². The van der Waals surface area contributed by atoms with Crippen LogP contribution >= 0.6 is 0 Å². The Morgan fingerprint density at radius 2 is 2.05 bits per heavy atom. The van der Waals surface area contributed by atoms with Gasteiger partial charge < -0.3 is 14.8 Å². The minimum absolute atomic E-state index is 0.0665. The van der Waals surface area contributed by atoms with Gasteiger partial charge in [0.1, 0.15) is 12.2 Å². The van der Waals surface area contributed by atoms with Crippen LogP contribution in [0.1, 0.15) is 12.7 Å². The fraction of sp³-hybridized carbons (Fsp3) is 0.769. The number of carbonyl (C=O) groups is 1. The molecular formula is C13H24N6O. The maximum atomic E-state index is 12.1. The molecule has 1 aromatic heterocycles. The predicted molar refractivity (Wildman–Crippen MR) is 76.2 cm³/mol. The van der Waals surface area contributed by atoms with Crippen molar-refractivity contribution >= 4 is 5.91 Å². The first kappa shape index (κ1) is 14.9. The number of carbonyl (C=O) groups excluding carboxylic acids is 1. The average molecular weight is 280 g/mol. The Morgan fingerprint density at radius 3 is 2.65 bits per heavy atom. The summed E-state index contributed by atoms with van der Waals surface area (Å²) in [5.41, 5.74) is 0. The van der Waals surface area contributed by atoms with Crippen LogP contribution in [0.5, 0.6) is 0 Å². The number of aromatic nitrogens is 3. The van der Waals surface area contributed by atoms with E-state index in [4.69, 9.17) is 0 Å². The topological polar surface area (TPSA) is 66.3 Å². The first-order valence-corrected chi connectivity index (χ1v) is 7.11. The largest absolute Gasteiger partial charge is 0.354 e. The smallest absolute Gasteiger partial charge is 0.237 e. The molecule has 1 amide bonds. The van der Waals surface area contributed by atoms with Gasteiger partial charge in [-0.2, -0.15) is 0 Å². The summed E-state index contributed by atoms with van der Waals surface area (Å²) in [7, 11) is 4.02. The lowest BCUT2D eigenvalue weighted by Crippen LogP contribution is -2.53. The van der Waals surface area contributed by atoms with E-state index in [0.29, 0.717) is 13.0 Å². The summed E-state index contributed by atoms with van der Waals surface area (Å²) in [4.78, 5) is 16.6. The van der Waals surface area contributed by atoms with Crippen LogP contribution in [0.3, 0.4) is 0 Å². The van der Waals surface area contributed by atoms with Crippen molar-refractivity contribution in [3.63, 3.8) is 0 Å². The first-order valence-electron chi connectivity index (χ1n) is 7.11. The van der Waals surface area contributed by atoms with Gasteiger partial charge in [0.2, 0.25) is 5.91 Å². The molecule has 112 valence electrons. The molecule has 0 aromatic carbocycles. The molecule has 1 N–H and O–H groups in total. The second kappa shape index (κ2) is 6.81. The molecule has 7 nitrogen and oxygen atoms in total. The van der Waals surface area contributed by atoms with E-state index >= 15 is 0 Å². The zero-order chi connectivity index (χ0) is 14.5. The zero-order valence-electron chi connectivity index (χ0n) is 12.5. The number of nitrogens with zero attached hydrogens (tertiary/aromatic N) is 5. The third kappa shape index (κ3) is 3.77. The molecule has 0 radical (unpaired) electrons. The Hall–Kier alpha value is -1.47. The number of likely N-dealkylation sites (N-methyl/N-ethyl adjacent to an activating group) is 1. The fourth-order valence-electron chi connectivity index (χ4n) is 2.35. The molecule has 2 rings (SSSR count). The normalized spacial score (nSPS) is 18.9. The van der Waals surface area contributed by atoms with Crippen LogP contribution < -0.4 is 5.32 Å². The summed E-state index contributed by atoms with van der Waals surface area (Å²) < 4.78 is 1.87. The van der Waals surface area contributed by atoms with E-state index in [1.165, 1.54) is 0 Å². The Morgan fingerprint density at radius 1 is 1.35 bits per heavy atom. The van der Waals surface area contributed by atoms with Gasteiger partial charge in [0.05, 0.1) is 6.04 Å². The summed E-state index contributed by atoms with van der Waals surface area (Å²) in [5.74, 6) is 0.981. The molecule has 1 unspecified atom stereocenters. The van der Waals surface area contributed by atoms with Crippen LogP contribution in [0.2, 0.25) is 0 Å². The van der Waals surface area contributed by atoms with Gasteiger partial charge in [0.15, 0.2) is 0 Å². The van der Waals surface area contributed by atoms with Crippen molar-refractivity contribution < 1.29 is 4.79 Å². The molecule has 1 fully saturated rings. The minimum atomic E-state index is -0.0665. The average Bonchev–Trinajstić information content (AvgIpc) is 2.84. The SMILES string of the molecule is CC(C(=O)NCCc1nncn1C)N1CCN(C)CC1. The van der Waals surface area contributed by atoms with E-state index in [9.17, 15) is 4.79 Å². The molecular weight excluding hydrogens is 256 g/mol. The van der Waals surface area contributed by atoms with Crippen molar-refractivity contribution in [1.29, 1.82) is 0 Å². The lowest BCUT2D eigenvalue weighted by Gasteiger charge is -2.35. The lowest BCUT2D eigenvalue weighted by molar-refractivity contribution is -0.126. The molecule has 0 saturated carbocycles. The second-order valence-electron chi connectivity index (χ2n) is 5.41. The van der Waals surface area contributed by atoms with Crippen LogP contribution in [0.15, 0.2) is 6.33 Å². The number of nitrogens with one attached hydrogen (secondary N) is 1. The number of aryl methyl sites for hydroxylation is 1. The van der Waals surface area contributed by atoms with Gasteiger partial charge in [-0.1, -0.05) is 0 Å². The molecule has 1 saturated heterocycles. The molecule has 0 spiro atoms. The van der Waals surface area contributed by atoms with Crippen LogP contribution in [0, 0.1) is 0 Å². The van der Waals surface area contributed by atoms with E-state index in [1.54, 1.807) is 6.33 Å². The molecule has 7 heteroatoms. The van der Waals surface area contributed by atoms with Crippen molar-refractivity contribution in [3.8, 4) is 0 Å². The van der Waals surface area contributed by atoms with Gasteiger partial charge in [-0.15, -0.1) is 10.2 Å². The number of hydrogen-bond acceptors (Lipinski definition) is 5. The van der Waals surface area contributed by atoms with Crippen LogP contribution in [-0.2, 0) is 18.3 Å². The molecule has 1 atom stereocenters.